The van der Waals surface area contributed by atoms with Crippen molar-refractivity contribution in [2.45, 2.75) is 39.8 Å². The number of aromatic nitrogens is 2. The van der Waals surface area contributed by atoms with Crippen LogP contribution in [0, 0.1) is 12.7 Å². The summed E-state index contributed by atoms with van der Waals surface area (Å²) < 4.78 is 17.4. The van der Waals surface area contributed by atoms with Gasteiger partial charge in [-0.25, -0.2) is 4.39 Å². The highest BCUT2D eigenvalue weighted by molar-refractivity contribution is 9.10. The van der Waals surface area contributed by atoms with Crippen LogP contribution in [0.15, 0.2) is 28.9 Å². The quantitative estimate of drug-likeness (QED) is 0.843. The minimum Gasteiger partial charge on any atom is -0.305 e. The lowest BCUT2D eigenvalue weighted by molar-refractivity contribution is 0.502. The van der Waals surface area contributed by atoms with E-state index in [0.717, 1.165) is 29.7 Å². The predicted octanol–water partition coefficient (Wildman–Crippen LogP) is 4.20. The molecule has 0 bridgehead atoms. The molecule has 1 heterocycles. The molecule has 0 saturated heterocycles. The summed E-state index contributed by atoms with van der Waals surface area (Å²) >= 11 is 3.55. The number of rotatable bonds is 6. The summed E-state index contributed by atoms with van der Waals surface area (Å²) in [5.41, 5.74) is 2.30. The van der Waals surface area contributed by atoms with Gasteiger partial charge in [0.1, 0.15) is 5.82 Å². The number of aryl methyl sites for hydroxylation is 2. The molecule has 21 heavy (non-hydrogen) atoms. The third kappa shape index (κ3) is 3.35. The van der Waals surface area contributed by atoms with E-state index in [0.29, 0.717) is 11.1 Å². The van der Waals surface area contributed by atoms with Crippen molar-refractivity contribution in [2.75, 3.05) is 6.54 Å². The fraction of sp³-hybridized carbons (Fsp3) is 0.438. The Hall–Kier alpha value is -1.20. The molecule has 0 aliphatic rings. The van der Waals surface area contributed by atoms with Gasteiger partial charge in [-0.2, -0.15) is 5.10 Å². The van der Waals surface area contributed by atoms with Crippen LogP contribution in [0.25, 0.3) is 0 Å². The lowest BCUT2D eigenvalue weighted by Gasteiger charge is -2.22. The van der Waals surface area contributed by atoms with Gasteiger partial charge in [0, 0.05) is 12.1 Å². The van der Waals surface area contributed by atoms with Gasteiger partial charge in [0.25, 0.3) is 0 Å². The van der Waals surface area contributed by atoms with Gasteiger partial charge in [0.15, 0.2) is 0 Å². The first kappa shape index (κ1) is 16.2. The van der Waals surface area contributed by atoms with Crippen LogP contribution in [0.4, 0.5) is 4.39 Å². The Bertz CT molecular complexity index is 610. The number of nitrogens with zero attached hydrogens (tertiary/aromatic N) is 2. The maximum Gasteiger partial charge on any atom is 0.131 e. The first-order valence-electron chi connectivity index (χ1n) is 7.29. The molecular weight excluding hydrogens is 333 g/mol. The van der Waals surface area contributed by atoms with E-state index < -0.39 is 0 Å². The molecule has 0 spiro atoms. The zero-order valence-electron chi connectivity index (χ0n) is 12.7. The Morgan fingerprint density at radius 2 is 2.14 bits per heavy atom. The lowest BCUT2D eigenvalue weighted by Crippen LogP contribution is -2.27. The molecule has 1 N–H and O–H groups in total. The Labute approximate surface area is 133 Å². The fourth-order valence-corrected chi connectivity index (χ4v) is 2.97. The van der Waals surface area contributed by atoms with E-state index in [4.69, 9.17) is 0 Å². The van der Waals surface area contributed by atoms with E-state index in [-0.39, 0.29) is 11.9 Å². The van der Waals surface area contributed by atoms with E-state index >= 15 is 0 Å². The van der Waals surface area contributed by atoms with Gasteiger partial charge in [0.05, 0.1) is 22.4 Å². The third-order valence-electron chi connectivity index (χ3n) is 3.54. The average Bonchev–Trinajstić information content (AvgIpc) is 2.85. The van der Waals surface area contributed by atoms with Crippen molar-refractivity contribution in [1.29, 1.82) is 0 Å². The summed E-state index contributed by atoms with van der Waals surface area (Å²) in [5, 5.41) is 7.79. The van der Waals surface area contributed by atoms with Crippen LogP contribution >= 0.6 is 15.9 Å². The van der Waals surface area contributed by atoms with Gasteiger partial charge in [-0.15, -0.1) is 0 Å². The van der Waals surface area contributed by atoms with E-state index in [1.165, 1.54) is 0 Å². The van der Waals surface area contributed by atoms with Gasteiger partial charge >= 0.3 is 0 Å². The van der Waals surface area contributed by atoms with Crippen LogP contribution in [0.3, 0.4) is 0 Å². The van der Waals surface area contributed by atoms with E-state index in [2.05, 4.69) is 33.3 Å². The van der Waals surface area contributed by atoms with Gasteiger partial charge in [0.2, 0.25) is 0 Å². The molecule has 114 valence electrons. The number of nitrogens with one attached hydrogen (secondary N) is 1. The molecule has 0 aliphatic carbocycles. The number of hydrogen-bond acceptors (Lipinski definition) is 2. The third-order valence-corrected chi connectivity index (χ3v) is 4.15. The Morgan fingerprint density at radius 3 is 2.81 bits per heavy atom. The van der Waals surface area contributed by atoms with Crippen LogP contribution in [-0.4, -0.2) is 16.3 Å². The maximum atomic E-state index is 14.6. The molecular formula is C16H21BrFN3. The topological polar surface area (TPSA) is 29.9 Å². The second-order valence-corrected chi connectivity index (χ2v) is 5.91. The van der Waals surface area contributed by atoms with Crippen LogP contribution in [0.5, 0.6) is 0 Å². The van der Waals surface area contributed by atoms with E-state index in [1.807, 2.05) is 23.7 Å². The van der Waals surface area contributed by atoms with Crippen LogP contribution in [0.2, 0.25) is 0 Å². The lowest BCUT2D eigenvalue weighted by atomic mass is 10.00. The number of halogens is 2. The van der Waals surface area contributed by atoms with E-state index in [1.54, 1.807) is 19.2 Å². The SMILES string of the molecule is CCCNC(c1cccc(C)c1F)c1c(Br)cnn1CC. The standard InChI is InChI=1S/C16H21BrFN3/c1-4-9-19-15(12-8-6-7-11(3)14(12)18)16-13(17)10-20-21(16)5-2/h6-8,10,15,19H,4-5,9H2,1-3H3. The molecule has 1 unspecified atom stereocenters. The fourth-order valence-electron chi connectivity index (χ4n) is 2.45. The molecule has 1 aromatic heterocycles. The molecule has 1 atom stereocenters. The summed E-state index contributed by atoms with van der Waals surface area (Å²) in [4.78, 5) is 0. The molecule has 0 radical (unpaired) electrons. The zero-order chi connectivity index (χ0) is 15.4. The van der Waals surface area contributed by atoms with Gasteiger partial charge in [-0.05, 0) is 48.3 Å². The highest BCUT2D eigenvalue weighted by Crippen LogP contribution is 2.31. The van der Waals surface area contributed by atoms with Crippen LogP contribution in [0.1, 0.15) is 43.1 Å². The maximum absolute atomic E-state index is 14.6. The highest BCUT2D eigenvalue weighted by Gasteiger charge is 2.24. The molecule has 2 aromatic rings. The summed E-state index contributed by atoms with van der Waals surface area (Å²) in [5.74, 6) is -0.151. The number of benzene rings is 1. The Morgan fingerprint density at radius 1 is 1.38 bits per heavy atom. The van der Waals surface area contributed by atoms with Crippen molar-refractivity contribution < 1.29 is 4.39 Å². The summed E-state index contributed by atoms with van der Waals surface area (Å²) in [6.45, 7) is 7.50. The zero-order valence-corrected chi connectivity index (χ0v) is 14.2. The molecule has 0 aliphatic heterocycles. The Kier molecular flexibility index (Phi) is 5.53. The minimum absolute atomic E-state index is 0.151. The molecule has 0 fully saturated rings. The van der Waals surface area contributed by atoms with Crippen molar-refractivity contribution in [3.8, 4) is 0 Å². The summed E-state index contributed by atoms with van der Waals surface area (Å²) in [6, 6.07) is 5.33. The second kappa shape index (κ2) is 7.18. The van der Waals surface area contributed by atoms with Gasteiger partial charge < -0.3 is 5.32 Å². The first-order chi connectivity index (χ1) is 10.1. The first-order valence-corrected chi connectivity index (χ1v) is 8.09. The van der Waals surface area contributed by atoms with Crippen molar-refractivity contribution in [1.82, 2.24) is 15.1 Å². The molecule has 2 rings (SSSR count). The van der Waals surface area contributed by atoms with E-state index in [9.17, 15) is 4.39 Å². The van der Waals surface area contributed by atoms with Crippen molar-refractivity contribution in [2.24, 2.45) is 0 Å². The van der Waals surface area contributed by atoms with Crippen molar-refractivity contribution >= 4 is 15.9 Å². The number of hydrogen-bond donors (Lipinski definition) is 1. The molecule has 5 heteroatoms. The van der Waals surface area contributed by atoms with Crippen molar-refractivity contribution in [3.63, 3.8) is 0 Å². The largest absolute Gasteiger partial charge is 0.305 e. The molecule has 3 nitrogen and oxygen atoms in total. The average molecular weight is 354 g/mol. The van der Waals surface area contributed by atoms with Crippen LogP contribution in [-0.2, 0) is 6.54 Å². The van der Waals surface area contributed by atoms with Gasteiger partial charge in [-0.1, -0.05) is 25.1 Å². The summed E-state index contributed by atoms with van der Waals surface area (Å²) in [6.07, 6.45) is 2.76. The normalized spacial score (nSPS) is 12.6. The molecule has 0 saturated carbocycles. The molecule has 1 aromatic carbocycles. The van der Waals surface area contributed by atoms with Gasteiger partial charge in [-0.3, -0.25) is 4.68 Å². The monoisotopic (exact) mass is 353 g/mol. The van der Waals surface area contributed by atoms with Crippen molar-refractivity contribution in [3.05, 3.63) is 51.5 Å². The second-order valence-electron chi connectivity index (χ2n) is 5.06. The predicted molar refractivity (Wildman–Crippen MR) is 86.9 cm³/mol. The smallest absolute Gasteiger partial charge is 0.131 e. The highest BCUT2D eigenvalue weighted by atomic mass is 79.9. The minimum atomic E-state index is -0.207. The summed E-state index contributed by atoms with van der Waals surface area (Å²) in [7, 11) is 0. The Balaban J connectivity index is 2.52. The van der Waals surface area contributed by atoms with Crippen LogP contribution < -0.4 is 5.32 Å². The molecule has 0 amide bonds.